The molecule has 0 saturated heterocycles. The van der Waals surface area contributed by atoms with Crippen LogP contribution < -0.4 is 4.80 Å². The molecule has 0 aliphatic rings. The molecule has 2 aromatic carbocycles. The smallest absolute Gasteiger partial charge is 0.249 e. The standard InChI is InChI=1S/C20H21FN2O3S3/c1-3-11-23-17-9-8-16(29(2,25)26)13-18(17)28-20(23)22-19(24)10-12-27-15-6-4-14(21)5-7-15/h4-9,13H,3,10-12H2,1-2H3. The summed E-state index contributed by atoms with van der Waals surface area (Å²) in [6, 6.07) is 11.1. The Morgan fingerprint density at radius 3 is 2.59 bits per heavy atom. The minimum Gasteiger partial charge on any atom is -0.316 e. The molecular weight excluding hydrogens is 431 g/mol. The predicted octanol–water partition coefficient (Wildman–Crippen LogP) is 4.27. The second-order valence-electron chi connectivity index (χ2n) is 6.50. The second-order valence-corrected chi connectivity index (χ2v) is 10.7. The van der Waals surface area contributed by atoms with Crippen LogP contribution in [0.25, 0.3) is 10.2 Å². The fourth-order valence-electron chi connectivity index (χ4n) is 2.76. The van der Waals surface area contributed by atoms with Crippen molar-refractivity contribution >= 4 is 49.1 Å². The van der Waals surface area contributed by atoms with Gasteiger partial charge in [0.25, 0.3) is 0 Å². The van der Waals surface area contributed by atoms with Crippen LogP contribution in [0, 0.1) is 5.82 Å². The van der Waals surface area contributed by atoms with Crippen LogP contribution in [0.1, 0.15) is 19.8 Å². The average Bonchev–Trinajstić information content (AvgIpc) is 2.99. The summed E-state index contributed by atoms with van der Waals surface area (Å²) in [7, 11) is -3.30. The van der Waals surface area contributed by atoms with Crippen molar-refractivity contribution in [3.8, 4) is 0 Å². The van der Waals surface area contributed by atoms with E-state index in [1.165, 1.54) is 41.5 Å². The highest BCUT2D eigenvalue weighted by molar-refractivity contribution is 7.99. The molecule has 1 amide bonds. The van der Waals surface area contributed by atoms with Crippen LogP contribution in [-0.2, 0) is 21.2 Å². The number of thiazole rings is 1. The Labute approximate surface area is 177 Å². The highest BCUT2D eigenvalue weighted by Gasteiger charge is 2.12. The largest absolute Gasteiger partial charge is 0.316 e. The van der Waals surface area contributed by atoms with Gasteiger partial charge in [0.05, 0.1) is 15.1 Å². The number of fused-ring (bicyclic) bond motifs is 1. The van der Waals surface area contributed by atoms with Crippen molar-refractivity contribution in [3.05, 3.63) is 53.1 Å². The third-order valence-electron chi connectivity index (χ3n) is 4.15. The number of aryl methyl sites for hydroxylation is 1. The molecule has 5 nitrogen and oxygen atoms in total. The zero-order valence-electron chi connectivity index (χ0n) is 16.1. The lowest BCUT2D eigenvalue weighted by atomic mass is 10.3. The van der Waals surface area contributed by atoms with E-state index < -0.39 is 9.84 Å². The zero-order chi connectivity index (χ0) is 21.0. The molecule has 0 saturated carbocycles. The first-order valence-electron chi connectivity index (χ1n) is 9.07. The van der Waals surface area contributed by atoms with Crippen molar-refractivity contribution in [2.45, 2.75) is 36.1 Å². The summed E-state index contributed by atoms with van der Waals surface area (Å²) in [4.78, 5) is 18.4. The van der Waals surface area contributed by atoms with Gasteiger partial charge in [0.1, 0.15) is 5.82 Å². The summed E-state index contributed by atoms with van der Waals surface area (Å²) in [6.45, 7) is 2.72. The van der Waals surface area contributed by atoms with Gasteiger partial charge in [-0.25, -0.2) is 12.8 Å². The molecule has 9 heteroatoms. The summed E-state index contributed by atoms with van der Waals surface area (Å²) >= 11 is 2.79. The Kier molecular flexibility index (Phi) is 6.92. The highest BCUT2D eigenvalue weighted by atomic mass is 32.2. The first-order chi connectivity index (χ1) is 13.8. The zero-order valence-corrected chi connectivity index (χ0v) is 18.5. The second kappa shape index (κ2) is 9.23. The van der Waals surface area contributed by atoms with Gasteiger partial charge in [0, 0.05) is 29.9 Å². The number of halogens is 1. The number of thioether (sulfide) groups is 1. The SMILES string of the molecule is CCCn1c(=NC(=O)CCSc2ccc(F)cc2)sc2cc(S(C)(=O)=O)ccc21. The molecule has 29 heavy (non-hydrogen) atoms. The van der Waals surface area contributed by atoms with E-state index in [4.69, 9.17) is 0 Å². The van der Waals surface area contributed by atoms with Crippen molar-refractivity contribution in [3.63, 3.8) is 0 Å². The lowest BCUT2D eigenvalue weighted by Gasteiger charge is -2.03. The van der Waals surface area contributed by atoms with E-state index in [0.717, 1.165) is 21.5 Å². The van der Waals surface area contributed by atoms with Gasteiger partial charge in [-0.2, -0.15) is 4.99 Å². The normalized spacial score (nSPS) is 12.6. The van der Waals surface area contributed by atoms with E-state index >= 15 is 0 Å². The van der Waals surface area contributed by atoms with Gasteiger partial charge in [-0.05, 0) is 48.9 Å². The topological polar surface area (TPSA) is 68.5 Å². The number of amides is 1. The maximum Gasteiger partial charge on any atom is 0.249 e. The molecule has 0 atom stereocenters. The first-order valence-corrected chi connectivity index (χ1v) is 12.8. The highest BCUT2D eigenvalue weighted by Crippen LogP contribution is 2.22. The summed E-state index contributed by atoms with van der Waals surface area (Å²) in [5.74, 6) is 0.0225. The van der Waals surface area contributed by atoms with Crippen LogP contribution in [0.15, 0.2) is 57.2 Å². The number of sulfone groups is 1. The number of benzene rings is 2. The van der Waals surface area contributed by atoms with Crippen molar-refractivity contribution in [1.29, 1.82) is 0 Å². The van der Waals surface area contributed by atoms with Gasteiger partial charge in [-0.15, -0.1) is 11.8 Å². The molecular formula is C20H21FN2O3S3. The molecule has 0 fully saturated rings. The van der Waals surface area contributed by atoms with E-state index in [1.54, 1.807) is 30.3 Å². The van der Waals surface area contributed by atoms with Gasteiger partial charge in [-0.1, -0.05) is 18.3 Å². The van der Waals surface area contributed by atoms with Gasteiger partial charge in [-0.3, -0.25) is 4.79 Å². The maximum absolute atomic E-state index is 12.9. The number of carbonyl (C=O) groups excluding carboxylic acids is 1. The van der Waals surface area contributed by atoms with Crippen LogP contribution in [-0.4, -0.2) is 30.9 Å². The lowest BCUT2D eigenvalue weighted by molar-refractivity contribution is -0.117. The number of hydrogen-bond donors (Lipinski definition) is 0. The third kappa shape index (κ3) is 5.55. The van der Waals surface area contributed by atoms with E-state index in [0.29, 0.717) is 17.1 Å². The molecule has 3 aromatic rings. The van der Waals surface area contributed by atoms with E-state index in [1.807, 2.05) is 11.5 Å². The molecule has 1 aromatic heterocycles. The van der Waals surface area contributed by atoms with Crippen LogP contribution >= 0.6 is 23.1 Å². The van der Waals surface area contributed by atoms with Crippen molar-refractivity contribution in [2.75, 3.05) is 12.0 Å². The van der Waals surface area contributed by atoms with E-state index in [2.05, 4.69) is 4.99 Å². The van der Waals surface area contributed by atoms with Gasteiger partial charge < -0.3 is 4.57 Å². The molecule has 1 heterocycles. The van der Waals surface area contributed by atoms with E-state index in [9.17, 15) is 17.6 Å². The molecule has 0 bridgehead atoms. The average molecular weight is 453 g/mol. The third-order valence-corrected chi connectivity index (χ3v) is 7.31. The van der Waals surface area contributed by atoms with Crippen molar-refractivity contribution in [2.24, 2.45) is 4.99 Å². The quantitative estimate of drug-likeness (QED) is 0.502. The van der Waals surface area contributed by atoms with Crippen LogP contribution in [0.3, 0.4) is 0 Å². The number of carbonyl (C=O) groups is 1. The Bertz CT molecular complexity index is 1200. The summed E-state index contributed by atoms with van der Waals surface area (Å²) in [6.07, 6.45) is 2.30. The number of rotatable bonds is 7. The van der Waals surface area contributed by atoms with Crippen LogP contribution in [0.4, 0.5) is 4.39 Å². The number of hydrogen-bond acceptors (Lipinski definition) is 5. The fraction of sp³-hybridized carbons (Fsp3) is 0.300. The molecule has 3 rings (SSSR count). The monoisotopic (exact) mass is 452 g/mol. The van der Waals surface area contributed by atoms with E-state index in [-0.39, 0.29) is 23.0 Å². The molecule has 154 valence electrons. The Morgan fingerprint density at radius 1 is 1.21 bits per heavy atom. The Morgan fingerprint density at radius 2 is 1.93 bits per heavy atom. The minimum absolute atomic E-state index is 0.237. The summed E-state index contributed by atoms with van der Waals surface area (Å²) < 4.78 is 39.3. The Balaban J connectivity index is 1.82. The lowest BCUT2D eigenvalue weighted by Crippen LogP contribution is -2.17. The van der Waals surface area contributed by atoms with Gasteiger partial charge in [0.15, 0.2) is 14.6 Å². The molecule has 0 spiro atoms. The molecule has 0 unspecified atom stereocenters. The number of aromatic nitrogens is 1. The van der Waals surface area contributed by atoms with Crippen molar-refractivity contribution in [1.82, 2.24) is 4.57 Å². The molecule has 0 N–H and O–H groups in total. The van der Waals surface area contributed by atoms with Crippen molar-refractivity contribution < 1.29 is 17.6 Å². The van der Waals surface area contributed by atoms with Gasteiger partial charge in [0.2, 0.25) is 5.91 Å². The fourth-order valence-corrected chi connectivity index (χ4v) is 5.43. The maximum atomic E-state index is 12.9. The first kappa shape index (κ1) is 21.7. The summed E-state index contributed by atoms with van der Waals surface area (Å²) in [5, 5.41) is 0. The Hall–Kier alpha value is -1.97. The van der Waals surface area contributed by atoms with Gasteiger partial charge >= 0.3 is 0 Å². The minimum atomic E-state index is -3.30. The predicted molar refractivity (Wildman–Crippen MR) is 116 cm³/mol. The van der Waals surface area contributed by atoms with Crippen LogP contribution in [0.5, 0.6) is 0 Å². The number of nitrogens with zero attached hydrogens (tertiary/aromatic N) is 2. The van der Waals surface area contributed by atoms with Crippen LogP contribution in [0.2, 0.25) is 0 Å². The summed E-state index contributed by atoms with van der Waals surface area (Å²) in [5.41, 5.74) is 0.872. The molecule has 0 radical (unpaired) electrons. The molecule has 0 aliphatic carbocycles. The molecule has 0 aliphatic heterocycles.